The van der Waals surface area contributed by atoms with Crippen molar-refractivity contribution in [3.05, 3.63) is 27.9 Å². The Bertz CT molecular complexity index is 493. The van der Waals surface area contributed by atoms with Gasteiger partial charge in [-0.3, -0.25) is 0 Å². The van der Waals surface area contributed by atoms with Gasteiger partial charge in [-0.25, -0.2) is 14.6 Å². The molecule has 0 amide bonds. The van der Waals surface area contributed by atoms with Crippen LogP contribution in [-0.4, -0.2) is 17.1 Å². The number of hydrogen-bond acceptors (Lipinski definition) is 3. The molecule has 1 unspecified atom stereocenters. The lowest BCUT2D eigenvalue weighted by molar-refractivity contribution is -0.401. The molecule has 1 N–H and O–H groups in total. The molecule has 2 heterocycles. The minimum Gasteiger partial charge on any atom is -0.462 e. The Morgan fingerprint density at radius 3 is 3.12 bits per heavy atom. The minimum absolute atomic E-state index is 0.0874. The van der Waals surface area contributed by atoms with Gasteiger partial charge in [0.25, 0.3) is 5.82 Å². The van der Waals surface area contributed by atoms with Crippen molar-refractivity contribution in [3.63, 3.8) is 0 Å². The van der Waals surface area contributed by atoms with Crippen molar-refractivity contribution in [2.24, 2.45) is 0 Å². The van der Waals surface area contributed by atoms with Gasteiger partial charge in [0.2, 0.25) is 0 Å². The van der Waals surface area contributed by atoms with Gasteiger partial charge in [-0.2, -0.15) is 4.57 Å². The number of rotatable bonds is 2. The summed E-state index contributed by atoms with van der Waals surface area (Å²) in [6.45, 7) is 3.99. The van der Waals surface area contributed by atoms with Crippen LogP contribution in [0.2, 0.25) is 0 Å². The Kier molecular flexibility index (Phi) is 3.26. The fourth-order valence-corrected chi connectivity index (χ4v) is 2.25. The van der Waals surface area contributed by atoms with Gasteiger partial charge < -0.3 is 4.74 Å². The summed E-state index contributed by atoms with van der Waals surface area (Å²) in [4.78, 5) is 26.8. The summed E-state index contributed by atoms with van der Waals surface area (Å²) in [5.41, 5.74) is -0.159. The molecular formula is C12H17N2O3+. The largest absolute Gasteiger partial charge is 0.462 e. The molecule has 0 aliphatic carbocycles. The molecule has 0 saturated heterocycles. The van der Waals surface area contributed by atoms with E-state index < -0.39 is 5.97 Å². The molecule has 0 fully saturated rings. The highest BCUT2D eigenvalue weighted by molar-refractivity contribution is 5.88. The molecule has 2 rings (SSSR count). The second-order valence-electron chi connectivity index (χ2n) is 4.29. The number of aromatic amines is 1. The average Bonchev–Trinajstić information content (AvgIpc) is 2.29. The summed E-state index contributed by atoms with van der Waals surface area (Å²) in [5.74, 6) is 0.337. The molecule has 1 aliphatic rings. The summed E-state index contributed by atoms with van der Waals surface area (Å²) in [6.07, 6.45) is 4.34. The Balaban J connectivity index is 2.48. The summed E-state index contributed by atoms with van der Waals surface area (Å²) >= 11 is 0. The lowest BCUT2D eigenvalue weighted by atomic mass is 10.1. The number of fused-ring (bicyclic) bond motifs is 1. The van der Waals surface area contributed by atoms with Crippen LogP contribution in [0.1, 0.15) is 48.9 Å². The maximum absolute atomic E-state index is 12.2. The molecule has 5 nitrogen and oxygen atoms in total. The maximum Gasteiger partial charge on any atom is 0.352 e. The van der Waals surface area contributed by atoms with E-state index in [2.05, 4.69) is 4.98 Å². The standard InChI is InChI=1S/C12H16N2O3/c1-3-17-12(16)9-7-13-10-6-4-5-8(2)14(10)11(9)15/h7-8H,3-6H2,1-2H3/p+1. The van der Waals surface area contributed by atoms with Crippen LogP contribution in [-0.2, 0) is 11.2 Å². The molecular weight excluding hydrogens is 220 g/mol. The van der Waals surface area contributed by atoms with Gasteiger partial charge in [-0.1, -0.05) is 0 Å². The van der Waals surface area contributed by atoms with E-state index in [9.17, 15) is 9.59 Å². The number of H-pyrrole nitrogens is 1. The summed E-state index contributed by atoms with van der Waals surface area (Å²) in [6, 6.07) is 0.136. The van der Waals surface area contributed by atoms with E-state index in [1.165, 1.54) is 6.20 Å². The predicted molar refractivity (Wildman–Crippen MR) is 60.9 cm³/mol. The topological polar surface area (TPSA) is 62.4 Å². The van der Waals surface area contributed by atoms with E-state index in [0.29, 0.717) is 0 Å². The van der Waals surface area contributed by atoms with Gasteiger partial charge in [0.05, 0.1) is 6.61 Å². The Hall–Kier alpha value is -1.65. The van der Waals surface area contributed by atoms with Crippen molar-refractivity contribution in [2.75, 3.05) is 6.61 Å². The predicted octanol–water partition coefficient (Wildman–Crippen LogP) is 0.736. The molecule has 17 heavy (non-hydrogen) atoms. The number of ether oxygens (including phenoxy) is 1. The van der Waals surface area contributed by atoms with Crippen LogP contribution in [0.3, 0.4) is 0 Å². The lowest BCUT2D eigenvalue weighted by Crippen LogP contribution is -2.39. The van der Waals surface area contributed by atoms with E-state index >= 15 is 0 Å². The smallest absolute Gasteiger partial charge is 0.352 e. The molecule has 1 aromatic heterocycles. The molecule has 1 aromatic rings. The number of carbonyl (C=O) groups excluding carboxylic acids is 1. The van der Waals surface area contributed by atoms with Gasteiger partial charge in [0, 0.05) is 6.42 Å². The maximum atomic E-state index is 12.2. The van der Waals surface area contributed by atoms with Crippen molar-refractivity contribution < 1.29 is 14.5 Å². The van der Waals surface area contributed by atoms with Crippen molar-refractivity contribution >= 4 is 5.97 Å². The second-order valence-corrected chi connectivity index (χ2v) is 4.29. The van der Waals surface area contributed by atoms with E-state index in [1.807, 2.05) is 6.92 Å². The SMILES string of the molecule is CCOC(=O)c1c[nH+]c2n(c1=O)C(C)CCC2. The minimum atomic E-state index is -0.554. The Morgan fingerprint density at radius 1 is 1.65 bits per heavy atom. The van der Waals surface area contributed by atoms with Crippen LogP contribution in [0.4, 0.5) is 0 Å². The number of hydrogen-bond donors (Lipinski definition) is 0. The van der Waals surface area contributed by atoms with Gasteiger partial charge in [-0.05, 0) is 26.7 Å². The van der Waals surface area contributed by atoms with Crippen molar-refractivity contribution in [2.45, 2.75) is 39.2 Å². The second kappa shape index (κ2) is 4.69. The quantitative estimate of drug-likeness (QED) is 0.712. The monoisotopic (exact) mass is 237 g/mol. The molecule has 5 heteroatoms. The lowest BCUT2D eigenvalue weighted by Gasteiger charge is -2.17. The summed E-state index contributed by atoms with van der Waals surface area (Å²) in [7, 11) is 0. The normalized spacial score (nSPS) is 18.6. The molecule has 1 aliphatic heterocycles. The third-order valence-electron chi connectivity index (χ3n) is 3.09. The van der Waals surface area contributed by atoms with Crippen LogP contribution in [0.5, 0.6) is 0 Å². The summed E-state index contributed by atoms with van der Waals surface area (Å²) in [5, 5.41) is 0. The van der Waals surface area contributed by atoms with Crippen molar-refractivity contribution in [3.8, 4) is 0 Å². The van der Waals surface area contributed by atoms with Crippen LogP contribution in [0, 0.1) is 0 Å². The van der Waals surface area contributed by atoms with E-state index in [-0.39, 0.29) is 23.8 Å². The fraction of sp³-hybridized carbons (Fsp3) is 0.583. The highest BCUT2D eigenvalue weighted by Crippen LogP contribution is 2.19. The third-order valence-corrected chi connectivity index (χ3v) is 3.09. The number of aryl methyl sites for hydroxylation is 1. The zero-order valence-electron chi connectivity index (χ0n) is 10.2. The number of nitrogens with zero attached hydrogens (tertiary/aromatic N) is 1. The molecule has 0 aromatic carbocycles. The van der Waals surface area contributed by atoms with Gasteiger partial charge in [-0.15, -0.1) is 0 Å². The molecule has 1 atom stereocenters. The Morgan fingerprint density at radius 2 is 2.41 bits per heavy atom. The number of aromatic nitrogens is 2. The third kappa shape index (κ3) is 2.09. The first-order valence-electron chi connectivity index (χ1n) is 5.98. The first-order chi connectivity index (χ1) is 8.15. The van der Waals surface area contributed by atoms with Crippen molar-refractivity contribution in [1.29, 1.82) is 0 Å². The van der Waals surface area contributed by atoms with E-state index in [4.69, 9.17) is 4.74 Å². The summed E-state index contributed by atoms with van der Waals surface area (Å²) < 4.78 is 6.54. The van der Waals surface area contributed by atoms with Gasteiger partial charge in [0.15, 0.2) is 5.56 Å². The molecule has 0 saturated carbocycles. The van der Waals surface area contributed by atoms with Crippen LogP contribution >= 0.6 is 0 Å². The number of nitrogens with one attached hydrogen (secondary N) is 1. The van der Waals surface area contributed by atoms with Crippen LogP contribution in [0.15, 0.2) is 11.0 Å². The Labute approximate surface area is 99.4 Å². The molecule has 0 spiro atoms. The zero-order valence-corrected chi connectivity index (χ0v) is 10.2. The van der Waals surface area contributed by atoms with Crippen LogP contribution < -0.4 is 10.5 Å². The van der Waals surface area contributed by atoms with Gasteiger partial charge in [0.1, 0.15) is 12.2 Å². The van der Waals surface area contributed by atoms with Crippen molar-refractivity contribution in [1.82, 2.24) is 4.57 Å². The highest BCUT2D eigenvalue weighted by atomic mass is 16.5. The zero-order chi connectivity index (χ0) is 12.4. The van der Waals surface area contributed by atoms with Crippen LogP contribution in [0.25, 0.3) is 0 Å². The highest BCUT2D eigenvalue weighted by Gasteiger charge is 2.28. The van der Waals surface area contributed by atoms with E-state index in [1.54, 1.807) is 11.5 Å². The molecule has 0 radical (unpaired) electrons. The average molecular weight is 237 g/mol. The van der Waals surface area contributed by atoms with E-state index in [0.717, 1.165) is 25.1 Å². The van der Waals surface area contributed by atoms with Gasteiger partial charge >= 0.3 is 11.5 Å². The first-order valence-corrected chi connectivity index (χ1v) is 5.98. The number of esters is 1. The fourth-order valence-electron chi connectivity index (χ4n) is 2.25. The molecule has 92 valence electrons. The first kappa shape index (κ1) is 11.8. The molecule has 0 bridgehead atoms. The number of carbonyl (C=O) groups is 1.